The Labute approximate surface area is 124 Å². The average Bonchev–Trinajstić information content (AvgIpc) is 2.45. The molecule has 0 spiro atoms. The van der Waals surface area contributed by atoms with Crippen LogP contribution in [0.5, 0.6) is 0 Å². The molecule has 0 aromatic rings. The van der Waals surface area contributed by atoms with Crippen LogP contribution < -0.4 is 5.32 Å². The maximum absolute atomic E-state index is 11.9. The summed E-state index contributed by atoms with van der Waals surface area (Å²) >= 11 is 0. The van der Waals surface area contributed by atoms with Gasteiger partial charge in [-0.15, -0.1) is 0 Å². The summed E-state index contributed by atoms with van der Waals surface area (Å²) < 4.78 is 5.18. The summed E-state index contributed by atoms with van der Waals surface area (Å²) in [6.45, 7) is 6.89. The third-order valence-corrected chi connectivity index (χ3v) is 4.31. The van der Waals surface area contributed by atoms with E-state index in [4.69, 9.17) is 4.74 Å². The molecule has 0 aliphatic heterocycles. The van der Waals surface area contributed by atoms with Crippen molar-refractivity contribution in [1.29, 1.82) is 0 Å². The minimum Gasteiger partial charge on any atom is -0.466 e. The molecule has 0 radical (unpaired) electrons. The fourth-order valence-electron chi connectivity index (χ4n) is 3.26. The standard InChI is InChI=1S/C17H33NO2/c1-4-7-11-15(9-5-2)18-16-12-8-10-14(13-16)17(19)20-6-3/h14-16,18H,4-13H2,1-3H3. The molecule has 118 valence electrons. The lowest BCUT2D eigenvalue weighted by Crippen LogP contribution is -2.42. The number of esters is 1. The summed E-state index contributed by atoms with van der Waals surface area (Å²) in [7, 11) is 0. The molecule has 3 atom stereocenters. The van der Waals surface area contributed by atoms with Gasteiger partial charge in [0.1, 0.15) is 0 Å². The second kappa shape index (κ2) is 10.2. The summed E-state index contributed by atoms with van der Waals surface area (Å²) in [5.74, 6) is 0.134. The quantitative estimate of drug-likeness (QED) is 0.649. The van der Waals surface area contributed by atoms with Crippen LogP contribution in [0.4, 0.5) is 0 Å². The fourth-order valence-corrected chi connectivity index (χ4v) is 3.26. The third kappa shape index (κ3) is 6.25. The molecule has 0 aromatic heterocycles. The van der Waals surface area contributed by atoms with E-state index in [2.05, 4.69) is 19.2 Å². The van der Waals surface area contributed by atoms with Gasteiger partial charge in [-0.2, -0.15) is 0 Å². The molecule has 0 aromatic carbocycles. The Morgan fingerprint density at radius 1 is 1.20 bits per heavy atom. The Hall–Kier alpha value is -0.570. The zero-order chi connectivity index (χ0) is 14.8. The Morgan fingerprint density at radius 3 is 2.65 bits per heavy atom. The van der Waals surface area contributed by atoms with Crippen molar-refractivity contribution in [3.05, 3.63) is 0 Å². The number of carbonyl (C=O) groups is 1. The van der Waals surface area contributed by atoms with E-state index in [0.29, 0.717) is 18.7 Å². The summed E-state index contributed by atoms with van der Waals surface area (Å²) in [5.41, 5.74) is 0. The van der Waals surface area contributed by atoms with Gasteiger partial charge >= 0.3 is 5.97 Å². The molecule has 1 aliphatic rings. The van der Waals surface area contributed by atoms with Crippen LogP contribution >= 0.6 is 0 Å². The molecule has 1 rings (SSSR count). The molecule has 0 heterocycles. The predicted octanol–water partition coefficient (Wildman–Crippen LogP) is 4.06. The van der Waals surface area contributed by atoms with Crippen molar-refractivity contribution < 1.29 is 9.53 Å². The van der Waals surface area contributed by atoms with Gasteiger partial charge in [0.25, 0.3) is 0 Å². The van der Waals surface area contributed by atoms with Crippen molar-refractivity contribution in [1.82, 2.24) is 5.32 Å². The van der Waals surface area contributed by atoms with Crippen LogP contribution in [0.2, 0.25) is 0 Å². The van der Waals surface area contributed by atoms with E-state index in [1.165, 1.54) is 38.5 Å². The first-order valence-corrected chi connectivity index (χ1v) is 8.63. The molecule has 3 heteroatoms. The Bertz CT molecular complexity index is 268. The molecule has 0 bridgehead atoms. The zero-order valence-corrected chi connectivity index (χ0v) is 13.6. The van der Waals surface area contributed by atoms with Gasteiger partial charge in [-0.3, -0.25) is 4.79 Å². The second-order valence-corrected chi connectivity index (χ2v) is 6.11. The van der Waals surface area contributed by atoms with Crippen molar-refractivity contribution in [2.24, 2.45) is 5.92 Å². The maximum atomic E-state index is 11.9. The predicted molar refractivity (Wildman–Crippen MR) is 83.7 cm³/mol. The molecular weight excluding hydrogens is 250 g/mol. The highest BCUT2D eigenvalue weighted by molar-refractivity contribution is 5.72. The zero-order valence-electron chi connectivity index (χ0n) is 13.6. The van der Waals surface area contributed by atoms with Gasteiger partial charge in [0.2, 0.25) is 0 Å². The monoisotopic (exact) mass is 283 g/mol. The highest BCUT2D eigenvalue weighted by Gasteiger charge is 2.29. The molecule has 1 saturated carbocycles. The summed E-state index contributed by atoms with van der Waals surface area (Å²) in [6.07, 6.45) is 10.6. The normalized spacial score (nSPS) is 24.4. The van der Waals surface area contributed by atoms with E-state index in [1.807, 2.05) is 6.92 Å². The topological polar surface area (TPSA) is 38.3 Å². The number of hydrogen-bond donors (Lipinski definition) is 1. The lowest BCUT2D eigenvalue weighted by molar-refractivity contribution is -0.149. The number of hydrogen-bond acceptors (Lipinski definition) is 3. The molecule has 1 aliphatic carbocycles. The van der Waals surface area contributed by atoms with Crippen LogP contribution in [0.3, 0.4) is 0 Å². The van der Waals surface area contributed by atoms with E-state index in [1.54, 1.807) is 0 Å². The van der Waals surface area contributed by atoms with Crippen LogP contribution in [0.15, 0.2) is 0 Å². The average molecular weight is 283 g/mol. The number of unbranched alkanes of at least 4 members (excludes halogenated alkanes) is 1. The lowest BCUT2D eigenvalue weighted by Gasteiger charge is -2.32. The summed E-state index contributed by atoms with van der Waals surface area (Å²) in [4.78, 5) is 11.9. The minimum atomic E-state index is 0.0135. The molecule has 0 amide bonds. The largest absolute Gasteiger partial charge is 0.466 e. The van der Waals surface area contributed by atoms with Gasteiger partial charge in [0.15, 0.2) is 0 Å². The fraction of sp³-hybridized carbons (Fsp3) is 0.941. The van der Waals surface area contributed by atoms with E-state index < -0.39 is 0 Å². The molecule has 0 saturated heterocycles. The molecule has 3 unspecified atom stereocenters. The van der Waals surface area contributed by atoms with Gasteiger partial charge in [-0.1, -0.05) is 39.5 Å². The van der Waals surface area contributed by atoms with Crippen LogP contribution in [0.25, 0.3) is 0 Å². The first-order chi connectivity index (χ1) is 9.71. The maximum Gasteiger partial charge on any atom is 0.308 e. The second-order valence-electron chi connectivity index (χ2n) is 6.11. The molecule has 20 heavy (non-hydrogen) atoms. The Kier molecular flexibility index (Phi) is 8.92. The van der Waals surface area contributed by atoms with Crippen LogP contribution in [-0.2, 0) is 9.53 Å². The number of carbonyl (C=O) groups excluding carboxylic acids is 1. The van der Waals surface area contributed by atoms with Crippen molar-refractivity contribution >= 4 is 5.97 Å². The summed E-state index contributed by atoms with van der Waals surface area (Å²) in [5, 5.41) is 3.81. The van der Waals surface area contributed by atoms with E-state index >= 15 is 0 Å². The van der Waals surface area contributed by atoms with E-state index in [-0.39, 0.29) is 11.9 Å². The molecule has 3 nitrogen and oxygen atoms in total. The Morgan fingerprint density at radius 2 is 2.00 bits per heavy atom. The van der Waals surface area contributed by atoms with Gasteiger partial charge in [0.05, 0.1) is 12.5 Å². The summed E-state index contributed by atoms with van der Waals surface area (Å²) in [6, 6.07) is 1.14. The van der Waals surface area contributed by atoms with Crippen molar-refractivity contribution in [2.45, 2.75) is 90.6 Å². The highest BCUT2D eigenvalue weighted by atomic mass is 16.5. The SMILES string of the molecule is CCCCC(CCC)NC1CCCC(C(=O)OCC)C1. The van der Waals surface area contributed by atoms with Gasteiger partial charge in [-0.05, 0) is 39.0 Å². The third-order valence-electron chi connectivity index (χ3n) is 4.31. The highest BCUT2D eigenvalue weighted by Crippen LogP contribution is 2.26. The van der Waals surface area contributed by atoms with Gasteiger partial charge < -0.3 is 10.1 Å². The van der Waals surface area contributed by atoms with Gasteiger partial charge in [-0.25, -0.2) is 0 Å². The Balaban J connectivity index is 2.42. The number of ether oxygens (including phenoxy) is 1. The number of rotatable bonds is 9. The lowest BCUT2D eigenvalue weighted by atomic mass is 9.85. The van der Waals surface area contributed by atoms with Crippen LogP contribution in [0, 0.1) is 5.92 Å². The van der Waals surface area contributed by atoms with Crippen LogP contribution in [0.1, 0.15) is 78.6 Å². The molecule has 1 N–H and O–H groups in total. The van der Waals surface area contributed by atoms with E-state index in [0.717, 1.165) is 19.3 Å². The van der Waals surface area contributed by atoms with Crippen LogP contribution in [-0.4, -0.2) is 24.7 Å². The smallest absolute Gasteiger partial charge is 0.308 e. The van der Waals surface area contributed by atoms with E-state index in [9.17, 15) is 4.79 Å². The number of nitrogens with one attached hydrogen (secondary N) is 1. The molecular formula is C17H33NO2. The first kappa shape index (κ1) is 17.5. The van der Waals surface area contributed by atoms with Crippen molar-refractivity contribution in [2.75, 3.05) is 6.61 Å². The minimum absolute atomic E-state index is 0.0135. The van der Waals surface area contributed by atoms with Gasteiger partial charge in [0, 0.05) is 12.1 Å². The molecule has 1 fully saturated rings. The van der Waals surface area contributed by atoms with Crippen molar-refractivity contribution in [3.8, 4) is 0 Å². The first-order valence-electron chi connectivity index (χ1n) is 8.63. The van der Waals surface area contributed by atoms with Crippen molar-refractivity contribution in [3.63, 3.8) is 0 Å².